The first kappa shape index (κ1) is 26.6. The normalized spacial score (nSPS) is 10.9. The number of carbonyl (C=O) groups excluding carboxylic acids is 1. The molecule has 0 fully saturated rings. The highest BCUT2D eigenvalue weighted by molar-refractivity contribution is 6.31. The van der Waals surface area contributed by atoms with Gasteiger partial charge in [-0.15, -0.1) is 0 Å². The van der Waals surface area contributed by atoms with Gasteiger partial charge in [0.2, 0.25) is 0 Å². The summed E-state index contributed by atoms with van der Waals surface area (Å²) < 4.78 is 14.6. The van der Waals surface area contributed by atoms with E-state index in [0.29, 0.717) is 21.7 Å². The summed E-state index contributed by atoms with van der Waals surface area (Å²) >= 11 is 6.69. The SMILES string of the molecule is CN(C)c1ccc(-c2ccc(CN(C(=O)c3ccccc3)c3cc(F)cc(/C=C/C(=O)O)c3)c(Cl)c2)cc1. The van der Waals surface area contributed by atoms with Crippen molar-refractivity contribution >= 4 is 40.9 Å². The first-order valence-electron chi connectivity index (χ1n) is 11.9. The van der Waals surface area contributed by atoms with Crippen molar-refractivity contribution in [1.29, 1.82) is 0 Å². The van der Waals surface area contributed by atoms with Gasteiger partial charge >= 0.3 is 5.97 Å². The van der Waals surface area contributed by atoms with Gasteiger partial charge < -0.3 is 14.9 Å². The van der Waals surface area contributed by atoms with Gasteiger partial charge in [-0.1, -0.05) is 54.1 Å². The number of carboxylic acid groups (broad SMARTS) is 1. The lowest BCUT2D eigenvalue weighted by Gasteiger charge is -2.24. The van der Waals surface area contributed by atoms with Gasteiger partial charge in [-0.3, -0.25) is 4.79 Å². The molecule has 0 heterocycles. The minimum Gasteiger partial charge on any atom is -0.478 e. The maximum absolute atomic E-state index is 14.6. The van der Waals surface area contributed by atoms with E-state index in [9.17, 15) is 14.0 Å². The lowest BCUT2D eigenvalue weighted by atomic mass is 10.0. The molecule has 0 aliphatic heterocycles. The average Bonchev–Trinajstić information content (AvgIpc) is 2.91. The van der Waals surface area contributed by atoms with Crippen LogP contribution in [0.15, 0.2) is 97.1 Å². The Kier molecular flexibility index (Phi) is 8.24. The highest BCUT2D eigenvalue weighted by atomic mass is 35.5. The number of halogens is 2. The number of nitrogens with zero attached hydrogens (tertiary/aromatic N) is 2. The quantitative estimate of drug-likeness (QED) is 0.246. The average molecular weight is 529 g/mol. The Labute approximate surface area is 226 Å². The molecule has 0 radical (unpaired) electrons. The van der Waals surface area contributed by atoms with Crippen LogP contribution in [0.2, 0.25) is 5.02 Å². The fourth-order valence-electron chi connectivity index (χ4n) is 4.01. The molecule has 0 spiro atoms. The van der Waals surface area contributed by atoms with E-state index in [1.165, 1.54) is 23.1 Å². The number of hydrogen-bond acceptors (Lipinski definition) is 3. The third kappa shape index (κ3) is 6.47. The van der Waals surface area contributed by atoms with E-state index in [1.807, 2.05) is 61.5 Å². The van der Waals surface area contributed by atoms with Crippen molar-refractivity contribution in [2.75, 3.05) is 23.9 Å². The van der Waals surface area contributed by atoms with E-state index >= 15 is 0 Å². The van der Waals surface area contributed by atoms with Crippen LogP contribution in [0.5, 0.6) is 0 Å². The molecule has 1 amide bonds. The fraction of sp³-hybridized carbons (Fsp3) is 0.0968. The summed E-state index contributed by atoms with van der Waals surface area (Å²) in [6.07, 6.45) is 2.20. The second-order valence-electron chi connectivity index (χ2n) is 8.92. The largest absolute Gasteiger partial charge is 0.478 e. The maximum Gasteiger partial charge on any atom is 0.328 e. The molecule has 1 N–H and O–H groups in total. The van der Waals surface area contributed by atoms with Crippen LogP contribution in [-0.4, -0.2) is 31.1 Å². The Balaban J connectivity index is 1.70. The molecule has 0 unspecified atom stereocenters. The third-order valence-corrected chi connectivity index (χ3v) is 6.35. The molecular formula is C31H26ClFN2O3. The van der Waals surface area contributed by atoms with Crippen LogP contribution >= 0.6 is 11.6 Å². The Morgan fingerprint density at radius 3 is 2.18 bits per heavy atom. The zero-order valence-corrected chi connectivity index (χ0v) is 21.7. The molecule has 5 nitrogen and oxygen atoms in total. The van der Waals surface area contributed by atoms with Gasteiger partial charge in [0.05, 0.1) is 6.54 Å². The van der Waals surface area contributed by atoms with E-state index in [0.717, 1.165) is 22.9 Å². The van der Waals surface area contributed by atoms with Crippen molar-refractivity contribution in [3.8, 4) is 11.1 Å². The van der Waals surface area contributed by atoms with E-state index in [1.54, 1.807) is 36.4 Å². The first-order chi connectivity index (χ1) is 18.2. The van der Waals surface area contributed by atoms with Gasteiger partial charge in [-0.25, -0.2) is 9.18 Å². The highest BCUT2D eigenvalue weighted by Crippen LogP contribution is 2.30. The highest BCUT2D eigenvalue weighted by Gasteiger charge is 2.21. The molecular weight excluding hydrogens is 503 g/mol. The number of carboxylic acids is 1. The van der Waals surface area contributed by atoms with Crippen molar-refractivity contribution in [2.45, 2.75) is 6.54 Å². The van der Waals surface area contributed by atoms with Crippen LogP contribution < -0.4 is 9.80 Å². The Bertz CT molecular complexity index is 1490. The molecule has 0 saturated heterocycles. The molecule has 192 valence electrons. The van der Waals surface area contributed by atoms with Crippen molar-refractivity contribution in [2.24, 2.45) is 0 Å². The third-order valence-electron chi connectivity index (χ3n) is 6.00. The summed E-state index contributed by atoms with van der Waals surface area (Å²) in [5, 5.41) is 9.43. The number of carbonyl (C=O) groups is 2. The van der Waals surface area contributed by atoms with Crippen molar-refractivity contribution in [3.63, 3.8) is 0 Å². The topological polar surface area (TPSA) is 60.9 Å². The predicted molar refractivity (Wildman–Crippen MR) is 151 cm³/mol. The molecule has 0 atom stereocenters. The van der Waals surface area contributed by atoms with Gasteiger partial charge in [-0.05, 0) is 76.9 Å². The van der Waals surface area contributed by atoms with E-state index in [4.69, 9.17) is 16.7 Å². The van der Waals surface area contributed by atoms with Crippen LogP contribution in [0.4, 0.5) is 15.8 Å². The van der Waals surface area contributed by atoms with Crippen molar-refractivity contribution < 1.29 is 19.1 Å². The predicted octanol–water partition coefficient (Wildman–Crippen LogP) is 7.16. The van der Waals surface area contributed by atoms with Gasteiger partial charge in [-0.2, -0.15) is 0 Å². The lowest BCUT2D eigenvalue weighted by Crippen LogP contribution is -2.30. The Hall–Kier alpha value is -4.42. The molecule has 38 heavy (non-hydrogen) atoms. The zero-order chi connectivity index (χ0) is 27.2. The molecule has 7 heteroatoms. The Morgan fingerprint density at radius 1 is 0.868 bits per heavy atom. The van der Waals surface area contributed by atoms with Gasteiger partial charge in [0.15, 0.2) is 0 Å². The first-order valence-corrected chi connectivity index (χ1v) is 12.2. The molecule has 0 bridgehead atoms. The number of hydrogen-bond donors (Lipinski definition) is 1. The van der Waals surface area contributed by atoms with Crippen molar-refractivity contribution in [1.82, 2.24) is 0 Å². The maximum atomic E-state index is 14.6. The summed E-state index contributed by atoms with van der Waals surface area (Å²) in [5.41, 5.74) is 4.71. The van der Waals surface area contributed by atoms with Crippen LogP contribution in [0.3, 0.4) is 0 Å². The molecule has 0 aliphatic carbocycles. The summed E-state index contributed by atoms with van der Waals surface area (Å²) in [4.78, 5) is 28.0. The summed E-state index contributed by atoms with van der Waals surface area (Å²) in [6.45, 7) is 0.0813. The molecule has 4 aromatic rings. The molecule has 0 saturated carbocycles. The monoisotopic (exact) mass is 528 g/mol. The number of benzene rings is 4. The van der Waals surface area contributed by atoms with Crippen LogP contribution in [0.25, 0.3) is 17.2 Å². The molecule has 0 aromatic heterocycles. The lowest BCUT2D eigenvalue weighted by molar-refractivity contribution is -0.131. The molecule has 0 aliphatic rings. The summed E-state index contributed by atoms with van der Waals surface area (Å²) in [6, 6.07) is 26.4. The fourth-order valence-corrected chi connectivity index (χ4v) is 4.25. The van der Waals surface area contributed by atoms with E-state index < -0.39 is 11.8 Å². The number of rotatable bonds is 8. The van der Waals surface area contributed by atoms with Crippen LogP contribution in [0, 0.1) is 5.82 Å². The molecule has 4 rings (SSSR count). The van der Waals surface area contributed by atoms with Crippen LogP contribution in [-0.2, 0) is 11.3 Å². The zero-order valence-electron chi connectivity index (χ0n) is 20.9. The smallest absolute Gasteiger partial charge is 0.328 e. The summed E-state index contributed by atoms with van der Waals surface area (Å²) in [7, 11) is 3.96. The summed E-state index contributed by atoms with van der Waals surface area (Å²) in [5.74, 6) is -2.10. The minimum absolute atomic E-state index is 0.0813. The standard InChI is InChI=1S/C31H26ClFN2O3/c1-34(2)27-13-11-22(12-14-27)24-9-10-25(29(32)18-24)20-35(31(38)23-6-4-3-5-7-23)28-17-21(8-15-30(36)37)16-26(33)19-28/h3-19H,20H2,1-2H3,(H,36,37)/b15-8+. The van der Waals surface area contributed by atoms with E-state index in [-0.39, 0.29) is 18.1 Å². The minimum atomic E-state index is -1.16. The Morgan fingerprint density at radius 2 is 1.55 bits per heavy atom. The second-order valence-corrected chi connectivity index (χ2v) is 9.33. The van der Waals surface area contributed by atoms with E-state index in [2.05, 4.69) is 0 Å². The van der Waals surface area contributed by atoms with Crippen molar-refractivity contribution in [3.05, 3.63) is 125 Å². The molecule has 4 aromatic carbocycles. The van der Waals surface area contributed by atoms with Crippen LogP contribution in [0.1, 0.15) is 21.5 Å². The van der Waals surface area contributed by atoms with Gasteiger partial charge in [0, 0.05) is 42.1 Å². The number of amides is 1. The number of anilines is 2. The second kappa shape index (κ2) is 11.8. The number of aliphatic carboxylic acids is 1. The van der Waals surface area contributed by atoms with Gasteiger partial charge in [0.1, 0.15) is 5.82 Å². The van der Waals surface area contributed by atoms with Gasteiger partial charge in [0.25, 0.3) is 5.91 Å².